The van der Waals surface area contributed by atoms with E-state index in [1.165, 1.54) is 0 Å². The van der Waals surface area contributed by atoms with Crippen LogP contribution in [0.3, 0.4) is 0 Å². The summed E-state index contributed by atoms with van der Waals surface area (Å²) in [5.74, 6) is -0.190. The minimum atomic E-state index is -5.01. The Hall–Kier alpha value is -2.59. The molecule has 1 heterocycles. The monoisotopic (exact) mass is 557 g/mol. The Bertz CT molecular complexity index is 1150. The first-order valence-electron chi connectivity index (χ1n) is 13.1. The number of aryl methyl sites for hydroxylation is 1. The summed E-state index contributed by atoms with van der Waals surface area (Å²) >= 11 is 0. The zero-order chi connectivity index (χ0) is 28.7. The highest BCUT2D eigenvalue weighted by atomic mass is 19.4. The van der Waals surface area contributed by atoms with Gasteiger partial charge in [0.25, 0.3) is 0 Å². The topological polar surface area (TPSA) is 49.8 Å². The lowest BCUT2D eigenvalue weighted by molar-refractivity contribution is -0.143. The van der Waals surface area contributed by atoms with Gasteiger partial charge < -0.3 is 14.7 Å². The Kier molecular flexibility index (Phi) is 8.38. The van der Waals surface area contributed by atoms with Crippen molar-refractivity contribution in [3.05, 3.63) is 70.3 Å². The van der Waals surface area contributed by atoms with Crippen molar-refractivity contribution < 1.29 is 41.0 Å². The first-order chi connectivity index (χ1) is 18.2. The molecule has 1 aliphatic carbocycles. The Morgan fingerprint density at radius 3 is 2.15 bits per heavy atom. The molecular weight excluding hydrogens is 524 g/mol. The van der Waals surface area contributed by atoms with Gasteiger partial charge in [-0.2, -0.15) is 26.3 Å². The molecule has 1 aliphatic heterocycles. The van der Waals surface area contributed by atoms with Crippen LogP contribution in [-0.2, 0) is 21.9 Å². The van der Waals surface area contributed by atoms with Gasteiger partial charge in [0.1, 0.15) is 6.10 Å². The van der Waals surface area contributed by atoms with Gasteiger partial charge in [0.05, 0.1) is 23.8 Å². The van der Waals surface area contributed by atoms with E-state index >= 15 is 0 Å². The molecule has 4 rings (SSSR count). The molecule has 2 aliphatic rings. The minimum Gasteiger partial charge on any atom is -0.393 e. The van der Waals surface area contributed by atoms with Gasteiger partial charge in [0.2, 0.25) is 5.91 Å². The number of hydrogen-bond donors (Lipinski definition) is 1. The molecule has 2 aromatic rings. The second kappa shape index (κ2) is 11.1. The van der Waals surface area contributed by atoms with Crippen molar-refractivity contribution in [2.75, 3.05) is 19.7 Å². The van der Waals surface area contributed by atoms with Crippen molar-refractivity contribution in [3.8, 4) is 0 Å². The highest BCUT2D eigenvalue weighted by molar-refractivity contribution is 5.78. The van der Waals surface area contributed by atoms with E-state index in [0.717, 1.165) is 11.1 Å². The van der Waals surface area contributed by atoms with E-state index in [2.05, 4.69) is 0 Å². The Balaban J connectivity index is 1.71. The van der Waals surface area contributed by atoms with Gasteiger partial charge in [0.15, 0.2) is 0 Å². The third-order valence-electron chi connectivity index (χ3n) is 8.02. The van der Waals surface area contributed by atoms with Crippen molar-refractivity contribution in [3.63, 3.8) is 0 Å². The lowest BCUT2D eigenvalue weighted by Gasteiger charge is -2.41. The zero-order valence-electron chi connectivity index (χ0n) is 22.0. The second-order valence-electron chi connectivity index (χ2n) is 11.0. The molecule has 1 saturated heterocycles. The molecule has 2 fully saturated rings. The third-order valence-corrected chi connectivity index (χ3v) is 8.02. The van der Waals surface area contributed by atoms with Gasteiger partial charge in [-0.05, 0) is 66.5 Å². The maximum Gasteiger partial charge on any atom is 0.416 e. The lowest BCUT2D eigenvalue weighted by Crippen LogP contribution is -2.39. The molecule has 1 N–H and O–H groups in total. The number of carbonyl (C=O) groups excluding carboxylic acids is 1. The Labute approximate surface area is 224 Å². The molecule has 0 aromatic heterocycles. The number of ether oxygens (including phenoxy) is 1. The van der Waals surface area contributed by atoms with Gasteiger partial charge in [-0.3, -0.25) is 4.79 Å². The number of aliphatic hydroxyl groups excluding tert-OH is 1. The summed E-state index contributed by atoms with van der Waals surface area (Å²) in [5, 5.41) is 10.1. The second-order valence-corrected chi connectivity index (χ2v) is 11.0. The predicted octanol–water partition coefficient (Wildman–Crippen LogP) is 6.76. The fourth-order valence-corrected chi connectivity index (χ4v) is 6.13. The van der Waals surface area contributed by atoms with Crippen molar-refractivity contribution in [2.24, 2.45) is 17.8 Å². The summed E-state index contributed by atoms with van der Waals surface area (Å²) < 4.78 is 87.2. The van der Waals surface area contributed by atoms with Crippen LogP contribution in [0, 0.1) is 24.7 Å². The number of fused-ring (bicyclic) bond motifs is 1. The first-order valence-corrected chi connectivity index (χ1v) is 13.1. The van der Waals surface area contributed by atoms with E-state index < -0.39 is 42.3 Å². The number of alkyl halides is 6. The molecule has 0 bridgehead atoms. The molecule has 4 nitrogen and oxygen atoms in total. The lowest BCUT2D eigenvalue weighted by atomic mass is 9.68. The summed E-state index contributed by atoms with van der Waals surface area (Å²) in [6.45, 7) is 5.92. The number of rotatable bonds is 6. The number of halogens is 6. The highest BCUT2D eigenvalue weighted by Crippen LogP contribution is 2.49. The number of nitrogens with zero attached hydrogens (tertiary/aromatic N) is 1. The van der Waals surface area contributed by atoms with Gasteiger partial charge in [-0.1, -0.05) is 38.1 Å². The molecule has 1 saturated carbocycles. The summed E-state index contributed by atoms with van der Waals surface area (Å²) in [5.41, 5.74) is -1.34. The highest BCUT2D eigenvalue weighted by Gasteiger charge is 2.48. The van der Waals surface area contributed by atoms with Crippen molar-refractivity contribution in [2.45, 2.75) is 64.1 Å². The van der Waals surface area contributed by atoms with Crippen LogP contribution in [0.25, 0.3) is 0 Å². The maximum absolute atomic E-state index is 13.5. The third kappa shape index (κ3) is 6.27. The van der Waals surface area contributed by atoms with Crippen LogP contribution in [0.2, 0.25) is 0 Å². The smallest absolute Gasteiger partial charge is 0.393 e. The van der Waals surface area contributed by atoms with Gasteiger partial charge in [0, 0.05) is 24.9 Å². The molecule has 2 aromatic carbocycles. The number of aliphatic hydroxyl groups is 1. The first kappa shape index (κ1) is 29.4. The number of likely N-dealkylation sites (tertiary alicyclic amines) is 1. The SMILES string of the molecule is Cc1ccccc1[C@H]1[C@H]2CN(C(=O)C(C)C)C[C@H]2CC[C@@H]1O[C@H](CO)c1cc(C(F)(F)F)cc(C(F)(F)F)c1. The number of amides is 1. The summed E-state index contributed by atoms with van der Waals surface area (Å²) in [7, 11) is 0. The Morgan fingerprint density at radius 2 is 1.62 bits per heavy atom. The van der Waals surface area contributed by atoms with E-state index in [9.17, 15) is 36.2 Å². The van der Waals surface area contributed by atoms with Crippen molar-refractivity contribution in [1.29, 1.82) is 0 Å². The molecule has 0 spiro atoms. The fourth-order valence-electron chi connectivity index (χ4n) is 6.13. The average Bonchev–Trinajstić information content (AvgIpc) is 3.30. The van der Waals surface area contributed by atoms with Gasteiger partial charge >= 0.3 is 12.4 Å². The van der Waals surface area contributed by atoms with Crippen LogP contribution in [0.1, 0.15) is 66.5 Å². The molecular formula is C29H33F6NO3. The quantitative estimate of drug-likeness (QED) is 0.400. The van der Waals surface area contributed by atoms with Crippen LogP contribution in [0.4, 0.5) is 26.3 Å². The van der Waals surface area contributed by atoms with Gasteiger partial charge in [-0.25, -0.2) is 0 Å². The molecule has 0 unspecified atom stereocenters. The molecule has 214 valence electrons. The van der Waals surface area contributed by atoms with Gasteiger partial charge in [-0.15, -0.1) is 0 Å². The Morgan fingerprint density at radius 1 is 1.00 bits per heavy atom. The van der Waals surface area contributed by atoms with Crippen molar-refractivity contribution >= 4 is 5.91 Å². The number of carbonyl (C=O) groups is 1. The molecule has 0 radical (unpaired) electrons. The van der Waals surface area contributed by atoms with Crippen LogP contribution in [0.5, 0.6) is 0 Å². The molecule has 1 amide bonds. The van der Waals surface area contributed by atoms with Crippen LogP contribution in [-0.4, -0.2) is 41.7 Å². The minimum absolute atomic E-state index is 0.000798. The van der Waals surface area contributed by atoms with E-state index in [0.29, 0.717) is 38.1 Å². The molecule has 10 heteroatoms. The zero-order valence-corrected chi connectivity index (χ0v) is 22.0. The normalized spacial score (nSPS) is 24.6. The summed E-state index contributed by atoms with van der Waals surface area (Å²) in [6.07, 6.45) is -10.8. The fraction of sp³-hybridized carbons (Fsp3) is 0.552. The standard InChI is InChI=1S/C29H33F6NO3/c1-16(2)27(38)36-13-18-8-9-24(26(23(18)14-36)22-7-5-4-6-17(22)3)39-25(15-37)19-10-20(28(30,31)32)12-21(11-19)29(33,34)35/h4-7,10-12,16,18,23-26,37H,8-9,13-15H2,1-3H3/t18-,23+,24+,25-,26+/m1/s1. The summed E-state index contributed by atoms with van der Waals surface area (Å²) in [6, 6.07) is 8.95. The van der Waals surface area contributed by atoms with Crippen LogP contribution < -0.4 is 0 Å². The largest absolute Gasteiger partial charge is 0.416 e. The average molecular weight is 558 g/mol. The van der Waals surface area contributed by atoms with E-state index in [4.69, 9.17) is 4.74 Å². The molecule has 39 heavy (non-hydrogen) atoms. The van der Waals surface area contributed by atoms with Crippen LogP contribution in [0.15, 0.2) is 42.5 Å². The van der Waals surface area contributed by atoms with Crippen molar-refractivity contribution in [1.82, 2.24) is 4.90 Å². The summed E-state index contributed by atoms with van der Waals surface area (Å²) in [4.78, 5) is 14.6. The van der Waals surface area contributed by atoms with E-state index in [1.807, 2.05) is 49.9 Å². The maximum atomic E-state index is 13.5. The van der Waals surface area contributed by atoms with E-state index in [-0.39, 0.29) is 41.2 Å². The predicted molar refractivity (Wildman–Crippen MR) is 133 cm³/mol. The van der Waals surface area contributed by atoms with Crippen LogP contribution >= 0.6 is 0 Å². The van der Waals surface area contributed by atoms with E-state index in [1.54, 1.807) is 0 Å². The molecule has 5 atom stereocenters. The number of hydrogen-bond acceptors (Lipinski definition) is 3. The number of benzene rings is 2.